The highest BCUT2D eigenvalue weighted by Crippen LogP contribution is 2.25. The molecule has 3 amide bonds. The minimum absolute atomic E-state index is 0.0171. The molecule has 0 bridgehead atoms. The molecule has 1 aliphatic heterocycles. The first kappa shape index (κ1) is 24.3. The van der Waals surface area contributed by atoms with E-state index in [4.69, 9.17) is 23.2 Å². The van der Waals surface area contributed by atoms with Crippen LogP contribution in [0.1, 0.15) is 78.5 Å². The van der Waals surface area contributed by atoms with Crippen LogP contribution in [0.2, 0.25) is 10.0 Å². The van der Waals surface area contributed by atoms with Gasteiger partial charge in [-0.3, -0.25) is 19.3 Å². The number of halogens is 2. The number of hydrogen-bond donors (Lipinski definition) is 1. The summed E-state index contributed by atoms with van der Waals surface area (Å²) in [5.41, 5.74) is 1.69. The van der Waals surface area contributed by atoms with Gasteiger partial charge in [0.2, 0.25) is 5.91 Å². The molecule has 2 aromatic carbocycles. The lowest BCUT2D eigenvalue weighted by Crippen LogP contribution is -2.30. The lowest BCUT2D eigenvalue weighted by Gasteiger charge is -2.13. The van der Waals surface area contributed by atoms with Gasteiger partial charge in [-0.05, 0) is 43.2 Å². The number of benzene rings is 2. The molecule has 2 aromatic rings. The highest BCUT2D eigenvalue weighted by Gasteiger charge is 2.34. The quantitative estimate of drug-likeness (QED) is 0.273. The van der Waals surface area contributed by atoms with Gasteiger partial charge < -0.3 is 5.32 Å². The Balaban J connectivity index is 1.19. The van der Waals surface area contributed by atoms with Crippen molar-refractivity contribution in [2.45, 2.75) is 57.8 Å². The fraction of sp³-hybridized carbons (Fsp3) is 0.400. The summed E-state index contributed by atoms with van der Waals surface area (Å²) in [6, 6.07) is 12.1. The van der Waals surface area contributed by atoms with Gasteiger partial charge in [-0.25, -0.2) is 0 Å². The van der Waals surface area contributed by atoms with E-state index in [-0.39, 0.29) is 17.7 Å². The molecule has 0 radical (unpaired) electrons. The molecule has 0 saturated carbocycles. The van der Waals surface area contributed by atoms with Crippen molar-refractivity contribution >= 4 is 46.6 Å². The predicted molar refractivity (Wildman–Crippen MR) is 128 cm³/mol. The Morgan fingerprint density at radius 3 is 1.91 bits per heavy atom. The van der Waals surface area contributed by atoms with E-state index in [0.717, 1.165) is 51.4 Å². The van der Waals surface area contributed by atoms with Gasteiger partial charge in [0.05, 0.1) is 21.2 Å². The maximum atomic E-state index is 12.3. The van der Waals surface area contributed by atoms with Crippen LogP contribution in [0.5, 0.6) is 0 Å². The molecule has 0 unspecified atom stereocenters. The Morgan fingerprint density at radius 2 is 1.31 bits per heavy atom. The highest BCUT2D eigenvalue weighted by molar-refractivity contribution is 6.42. The summed E-state index contributed by atoms with van der Waals surface area (Å²) in [6.07, 6.45) is 8.62. The molecule has 3 rings (SSSR count). The molecular formula is C25H28Cl2N2O3. The van der Waals surface area contributed by atoms with E-state index in [2.05, 4.69) is 5.32 Å². The number of rotatable bonds is 12. The highest BCUT2D eigenvalue weighted by atomic mass is 35.5. The van der Waals surface area contributed by atoms with Crippen molar-refractivity contribution in [1.29, 1.82) is 0 Å². The second-order valence-electron chi connectivity index (χ2n) is 8.06. The van der Waals surface area contributed by atoms with Crippen molar-refractivity contribution in [3.05, 3.63) is 63.6 Å². The fourth-order valence-corrected chi connectivity index (χ4v) is 4.15. The number of nitrogens with zero attached hydrogens (tertiary/aromatic N) is 1. The van der Waals surface area contributed by atoms with E-state index in [0.29, 0.717) is 39.8 Å². The van der Waals surface area contributed by atoms with E-state index in [1.165, 1.54) is 4.90 Å². The predicted octanol–water partition coefficient (Wildman–Crippen LogP) is 6.74. The molecule has 7 heteroatoms. The Kier molecular flexibility index (Phi) is 9.12. The molecule has 5 nitrogen and oxygen atoms in total. The third kappa shape index (κ3) is 6.57. The largest absolute Gasteiger partial charge is 0.326 e. The summed E-state index contributed by atoms with van der Waals surface area (Å²) in [7, 11) is 0. The number of unbranched alkanes of at least 4 members (excludes halogenated alkanes) is 7. The van der Waals surface area contributed by atoms with Crippen LogP contribution in [-0.2, 0) is 4.79 Å². The number of nitrogens with one attached hydrogen (secondary N) is 1. The molecule has 0 aromatic heterocycles. The number of carbonyl (C=O) groups is 3. The van der Waals surface area contributed by atoms with Gasteiger partial charge in [0.1, 0.15) is 0 Å². The molecule has 0 spiro atoms. The van der Waals surface area contributed by atoms with Crippen molar-refractivity contribution in [3.8, 4) is 0 Å². The second-order valence-corrected chi connectivity index (χ2v) is 8.88. The maximum absolute atomic E-state index is 12.3. The lowest BCUT2D eigenvalue weighted by atomic mass is 10.1. The van der Waals surface area contributed by atoms with Gasteiger partial charge in [0.25, 0.3) is 11.8 Å². The number of fused-ring (bicyclic) bond motifs is 1. The van der Waals surface area contributed by atoms with E-state index in [9.17, 15) is 14.4 Å². The maximum Gasteiger partial charge on any atom is 0.261 e. The van der Waals surface area contributed by atoms with E-state index >= 15 is 0 Å². The number of carbonyl (C=O) groups excluding carboxylic acids is 3. The van der Waals surface area contributed by atoms with Crippen molar-refractivity contribution in [2.24, 2.45) is 0 Å². The van der Waals surface area contributed by atoms with E-state index in [1.54, 1.807) is 42.5 Å². The SMILES string of the molecule is O=C(CCCCCCCCCCN1C(=O)c2ccccc2C1=O)Nc1ccc(Cl)c(Cl)c1. The van der Waals surface area contributed by atoms with Crippen LogP contribution in [0.4, 0.5) is 5.69 Å². The number of hydrogen-bond acceptors (Lipinski definition) is 3. The first-order valence-electron chi connectivity index (χ1n) is 11.2. The van der Waals surface area contributed by atoms with E-state index < -0.39 is 0 Å². The molecular weight excluding hydrogens is 447 g/mol. The Labute approximate surface area is 199 Å². The first-order valence-corrected chi connectivity index (χ1v) is 11.9. The van der Waals surface area contributed by atoms with Crippen LogP contribution < -0.4 is 5.32 Å². The normalized spacial score (nSPS) is 12.9. The summed E-state index contributed by atoms with van der Waals surface area (Å²) in [5, 5.41) is 3.73. The van der Waals surface area contributed by atoms with Gasteiger partial charge >= 0.3 is 0 Å². The molecule has 1 heterocycles. The lowest BCUT2D eigenvalue weighted by molar-refractivity contribution is -0.116. The van der Waals surface area contributed by atoms with Crippen LogP contribution >= 0.6 is 23.2 Å². The van der Waals surface area contributed by atoms with Crippen molar-refractivity contribution in [3.63, 3.8) is 0 Å². The van der Waals surface area contributed by atoms with Gasteiger partial charge in [-0.15, -0.1) is 0 Å². The van der Waals surface area contributed by atoms with Crippen LogP contribution in [0, 0.1) is 0 Å². The fourth-order valence-electron chi connectivity index (χ4n) is 3.86. The molecule has 1 aliphatic rings. The molecule has 170 valence electrons. The van der Waals surface area contributed by atoms with Gasteiger partial charge in [0, 0.05) is 18.7 Å². The van der Waals surface area contributed by atoms with Crippen LogP contribution in [0.25, 0.3) is 0 Å². The average molecular weight is 475 g/mol. The van der Waals surface area contributed by atoms with E-state index in [1.807, 2.05) is 0 Å². The van der Waals surface area contributed by atoms with Crippen molar-refractivity contribution < 1.29 is 14.4 Å². The van der Waals surface area contributed by atoms with Crippen LogP contribution in [-0.4, -0.2) is 29.2 Å². The van der Waals surface area contributed by atoms with Crippen molar-refractivity contribution in [1.82, 2.24) is 4.90 Å². The monoisotopic (exact) mass is 474 g/mol. The molecule has 32 heavy (non-hydrogen) atoms. The average Bonchev–Trinajstić information content (AvgIpc) is 3.02. The summed E-state index contributed by atoms with van der Waals surface area (Å²) in [6.45, 7) is 0.486. The Bertz CT molecular complexity index is 942. The summed E-state index contributed by atoms with van der Waals surface area (Å²) in [4.78, 5) is 38.0. The Hall–Kier alpha value is -2.37. The zero-order chi connectivity index (χ0) is 22.9. The number of anilines is 1. The number of amides is 3. The van der Waals surface area contributed by atoms with Gasteiger partial charge in [0.15, 0.2) is 0 Å². The van der Waals surface area contributed by atoms with Crippen molar-refractivity contribution in [2.75, 3.05) is 11.9 Å². The molecule has 0 aliphatic carbocycles. The Morgan fingerprint density at radius 1 is 0.750 bits per heavy atom. The zero-order valence-corrected chi connectivity index (χ0v) is 19.6. The van der Waals surface area contributed by atoms with Crippen LogP contribution in [0.3, 0.4) is 0 Å². The molecule has 1 N–H and O–H groups in total. The van der Waals surface area contributed by atoms with Gasteiger partial charge in [-0.1, -0.05) is 73.9 Å². The topological polar surface area (TPSA) is 66.5 Å². The zero-order valence-electron chi connectivity index (χ0n) is 18.0. The molecule has 0 fully saturated rings. The smallest absolute Gasteiger partial charge is 0.261 e. The summed E-state index contributed by atoms with van der Waals surface area (Å²) in [5.74, 6) is -0.362. The first-order chi connectivity index (χ1) is 15.5. The van der Waals surface area contributed by atoms with Gasteiger partial charge in [-0.2, -0.15) is 0 Å². The second kappa shape index (κ2) is 12.0. The molecule has 0 atom stereocenters. The summed E-state index contributed by atoms with van der Waals surface area (Å²) >= 11 is 11.8. The molecule has 0 saturated heterocycles. The standard InChI is InChI=1S/C25H28Cl2N2O3/c26-21-15-14-18(17-22(21)27)28-23(30)13-7-5-3-1-2-4-6-10-16-29-24(31)19-11-8-9-12-20(19)25(29)32/h8-9,11-12,14-15,17H,1-7,10,13,16H2,(H,28,30). The minimum atomic E-state index is -0.172. The van der Waals surface area contributed by atoms with Crippen LogP contribution in [0.15, 0.2) is 42.5 Å². The third-order valence-corrected chi connectivity index (χ3v) is 6.36. The number of imide groups is 1. The third-order valence-electron chi connectivity index (χ3n) is 5.62. The minimum Gasteiger partial charge on any atom is -0.326 e. The summed E-state index contributed by atoms with van der Waals surface area (Å²) < 4.78 is 0.